The fourth-order valence-electron chi connectivity index (χ4n) is 6.09. The van der Waals surface area contributed by atoms with Crippen LogP contribution < -0.4 is 9.47 Å². The van der Waals surface area contributed by atoms with Crippen molar-refractivity contribution >= 4 is 34.2 Å². The zero-order valence-corrected chi connectivity index (χ0v) is 24.3. The molecule has 35 heavy (non-hydrogen) atoms. The number of rotatable bonds is 6. The minimum absolute atomic E-state index is 0.108. The van der Waals surface area contributed by atoms with Crippen LogP contribution >= 0.6 is 22.6 Å². The fourth-order valence-corrected chi connectivity index (χ4v) is 6.94. The highest BCUT2D eigenvalue weighted by Gasteiger charge is 2.49. The largest absolute Gasteiger partial charge is 0.492 e. The molecule has 5 nitrogen and oxygen atoms in total. The molecule has 0 atom stereocenters. The van der Waals surface area contributed by atoms with Gasteiger partial charge in [0.05, 0.1) is 17.3 Å². The first-order chi connectivity index (χ1) is 16.4. The number of ether oxygens (including phenoxy) is 2. The number of halogens is 1. The Morgan fingerprint density at radius 3 is 1.94 bits per heavy atom. The van der Waals surface area contributed by atoms with Crippen molar-refractivity contribution in [1.82, 2.24) is 4.90 Å². The second-order valence-corrected chi connectivity index (χ2v) is 12.8. The lowest BCUT2D eigenvalue weighted by molar-refractivity contribution is -0.119. The highest BCUT2D eigenvalue weighted by molar-refractivity contribution is 14.1. The molecular formula is C29H38INO4. The molecule has 0 unspecified atom stereocenters. The molecule has 0 radical (unpaired) electrons. The van der Waals surface area contributed by atoms with E-state index < -0.39 is 0 Å². The summed E-state index contributed by atoms with van der Waals surface area (Å²) < 4.78 is 12.5. The molecule has 1 aromatic rings. The lowest BCUT2D eigenvalue weighted by Gasteiger charge is -2.49. The normalized spacial score (nSPS) is 21.8. The van der Waals surface area contributed by atoms with Crippen LogP contribution in [0.4, 0.5) is 0 Å². The zero-order valence-electron chi connectivity index (χ0n) is 22.1. The van der Waals surface area contributed by atoms with Crippen LogP contribution in [0.5, 0.6) is 11.5 Å². The van der Waals surface area contributed by atoms with Crippen LogP contribution in [-0.4, -0.2) is 36.7 Å². The number of carbonyl (C=O) groups excluding carboxylic acids is 2. The molecule has 1 aromatic carbocycles. The molecule has 1 heterocycles. The molecule has 0 saturated carbocycles. The minimum atomic E-state index is -0.362. The molecule has 0 N–H and O–H groups in total. The lowest BCUT2D eigenvalue weighted by atomic mass is 9.63. The summed E-state index contributed by atoms with van der Waals surface area (Å²) in [5, 5.41) is 0. The van der Waals surface area contributed by atoms with E-state index in [1.807, 2.05) is 13.0 Å². The van der Waals surface area contributed by atoms with Crippen LogP contribution in [-0.2, 0) is 9.59 Å². The summed E-state index contributed by atoms with van der Waals surface area (Å²) in [7, 11) is 1.64. The Morgan fingerprint density at radius 1 is 0.943 bits per heavy atom. The first-order valence-corrected chi connectivity index (χ1v) is 13.8. The van der Waals surface area contributed by atoms with Gasteiger partial charge in [-0.2, -0.15) is 0 Å². The van der Waals surface area contributed by atoms with Gasteiger partial charge in [-0.05, 0) is 77.3 Å². The molecule has 0 spiro atoms. The van der Waals surface area contributed by atoms with Crippen LogP contribution in [0.25, 0.3) is 0 Å². The third-order valence-corrected chi connectivity index (χ3v) is 8.14. The number of ketones is 2. The van der Waals surface area contributed by atoms with Gasteiger partial charge < -0.3 is 14.4 Å². The van der Waals surface area contributed by atoms with Crippen molar-refractivity contribution in [2.45, 2.75) is 79.6 Å². The van der Waals surface area contributed by atoms with Crippen molar-refractivity contribution in [2.75, 3.05) is 20.3 Å². The number of carbonyl (C=O) groups is 2. The summed E-state index contributed by atoms with van der Waals surface area (Å²) in [5.74, 6) is 1.31. The van der Waals surface area contributed by atoms with Gasteiger partial charge in [0.2, 0.25) is 0 Å². The van der Waals surface area contributed by atoms with Gasteiger partial charge in [-0.1, -0.05) is 34.6 Å². The van der Waals surface area contributed by atoms with Crippen LogP contribution in [0.3, 0.4) is 0 Å². The molecule has 1 aliphatic heterocycles. The average molecular weight is 592 g/mol. The predicted molar refractivity (Wildman–Crippen MR) is 147 cm³/mol. The summed E-state index contributed by atoms with van der Waals surface area (Å²) in [5.41, 5.74) is 4.58. The molecule has 2 aliphatic carbocycles. The first-order valence-electron chi connectivity index (χ1n) is 12.7. The van der Waals surface area contributed by atoms with Crippen molar-refractivity contribution in [3.8, 4) is 11.5 Å². The molecule has 190 valence electrons. The topological polar surface area (TPSA) is 55.8 Å². The molecule has 0 aromatic heterocycles. The van der Waals surface area contributed by atoms with E-state index in [9.17, 15) is 9.59 Å². The SMILES string of the molecule is CCCN1C2=C(C(=O)CC(C)(C)C2)C(c2cc(I)c(OC)c(OCC)c2)C2=C1CC(C)(C)CC2=O. The maximum absolute atomic E-state index is 13.8. The number of allylic oxidation sites excluding steroid dienone is 4. The number of nitrogens with zero attached hydrogens (tertiary/aromatic N) is 1. The van der Waals surface area contributed by atoms with Crippen LogP contribution in [0.1, 0.15) is 85.1 Å². The van der Waals surface area contributed by atoms with Crippen molar-refractivity contribution < 1.29 is 19.1 Å². The van der Waals surface area contributed by atoms with Gasteiger partial charge >= 0.3 is 0 Å². The Hall–Kier alpha value is -1.83. The number of hydrogen-bond donors (Lipinski definition) is 0. The Bertz CT molecular complexity index is 1070. The van der Waals surface area contributed by atoms with E-state index in [1.165, 1.54) is 0 Å². The molecule has 0 bridgehead atoms. The highest BCUT2D eigenvalue weighted by Crippen LogP contribution is 2.55. The first kappa shape index (κ1) is 26.2. The standard InChI is InChI=1S/C29H38INO4/c1-8-10-31-19-13-28(3,4)15-21(32)25(19)24(26-20(31)14-29(5,6)16-22(26)33)17-11-18(30)27(34-7)23(12-17)35-9-2/h11-12,24H,8-10,13-16H2,1-7H3. The van der Waals surface area contributed by atoms with Gasteiger partial charge in [-0.25, -0.2) is 0 Å². The van der Waals surface area contributed by atoms with Crippen molar-refractivity contribution in [1.29, 1.82) is 0 Å². The number of methoxy groups -OCH3 is 1. The Labute approximate surface area is 223 Å². The quantitative estimate of drug-likeness (QED) is 0.341. The lowest BCUT2D eigenvalue weighted by Crippen LogP contribution is -2.44. The molecular weight excluding hydrogens is 553 g/mol. The van der Waals surface area contributed by atoms with Crippen LogP contribution in [0.2, 0.25) is 0 Å². The minimum Gasteiger partial charge on any atom is -0.492 e. The second-order valence-electron chi connectivity index (χ2n) is 11.7. The van der Waals surface area contributed by atoms with Gasteiger partial charge in [0.25, 0.3) is 0 Å². The van der Waals surface area contributed by atoms with E-state index in [0.717, 1.165) is 57.5 Å². The average Bonchev–Trinajstić information content (AvgIpc) is 2.73. The summed E-state index contributed by atoms with van der Waals surface area (Å²) in [6, 6.07) is 4.05. The smallest absolute Gasteiger partial charge is 0.174 e. The molecule has 4 rings (SSSR count). The van der Waals surface area contributed by atoms with Gasteiger partial charge in [0, 0.05) is 47.8 Å². The third-order valence-electron chi connectivity index (χ3n) is 7.34. The molecule has 6 heteroatoms. The number of benzene rings is 1. The molecule has 0 amide bonds. The van der Waals surface area contributed by atoms with Gasteiger partial charge in [0.15, 0.2) is 23.1 Å². The van der Waals surface area contributed by atoms with Crippen molar-refractivity contribution in [3.05, 3.63) is 43.8 Å². The Balaban J connectivity index is 2.02. The highest BCUT2D eigenvalue weighted by atomic mass is 127. The van der Waals surface area contributed by atoms with E-state index in [1.54, 1.807) is 7.11 Å². The van der Waals surface area contributed by atoms with E-state index >= 15 is 0 Å². The fraction of sp³-hybridized carbons (Fsp3) is 0.586. The van der Waals surface area contributed by atoms with Gasteiger partial charge in [-0.3, -0.25) is 9.59 Å². The van der Waals surface area contributed by atoms with E-state index in [-0.39, 0.29) is 28.3 Å². The zero-order chi connectivity index (χ0) is 25.7. The van der Waals surface area contributed by atoms with Gasteiger partial charge in [-0.15, -0.1) is 0 Å². The summed E-state index contributed by atoms with van der Waals surface area (Å²) in [6.45, 7) is 14.2. The third kappa shape index (κ3) is 4.79. The second kappa shape index (κ2) is 9.56. The molecule has 0 fully saturated rings. The number of Topliss-reactive ketones (excluding diaryl/α,β-unsaturated/α-hetero) is 2. The van der Waals surface area contributed by atoms with E-state index in [2.05, 4.69) is 68.2 Å². The summed E-state index contributed by atoms with van der Waals surface area (Å²) in [6.07, 6.45) is 3.62. The van der Waals surface area contributed by atoms with Crippen LogP contribution in [0, 0.1) is 14.4 Å². The van der Waals surface area contributed by atoms with Crippen LogP contribution in [0.15, 0.2) is 34.7 Å². The Kier molecular flexibility index (Phi) is 7.17. The van der Waals surface area contributed by atoms with E-state index in [0.29, 0.717) is 30.9 Å². The molecule has 0 saturated heterocycles. The van der Waals surface area contributed by atoms with Gasteiger partial charge in [0.1, 0.15) is 0 Å². The maximum atomic E-state index is 13.8. The summed E-state index contributed by atoms with van der Waals surface area (Å²) >= 11 is 2.26. The Morgan fingerprint density at radius 2 is 1.49 bits per heavy atom. The van der Waals surface area contributed by atoms with Crippen molar-refractivity contribution in [3.63, 3.8) is 0 Å². The predicted octanol–water partition coefficient (Wildman–Crippen LogP) is 6.79. The van der Waals surface area contributed by atoms with Crippen molar-refractivity contribution in [2.24, 2.45) is 10.8 Å². The summed E-state index contributed by atoms with van der Waals surface area (Å²) in [4.78, 5) is 30.0. The van der Waals surface area contributed by atoms with E-state index in [4.69, 9.17) is 9.47 Å². The maximum Gasteiger partial charge on any atom is 0.174 e. The number of hydrogen-bond acceptors (Lipinski definition) is 5. The molecule has 3 aliphatic rings. The monoisotopic (exact) mass is 591 g/mol.